The average Bonchev–Trinajstić information content (AvgIpc) is 3.01. The number of aromatic nitrogens is 1. The Morgan fingerprint density at radius 2 is 2.33 bits per heavy atom. The number of thiazole rings is 1. The Morgan fingerprint density at radius 3 is 3.08 bits per heavy atom. The van der Waals surface area contributed by atoms with Gasteiger partial charge in [-0.15, -0.1) is 11.3 Å². The molecule has 2 fully saturated rings. The largest absolute Gasteiger partial charge is 0.469 e. The van der Waals surface area contributed by atoms with Gasteiger partial charge in [0, 0.05) is 36.5 Å². The number of rotatable bonds is 4. The maximum atomic E-state index is 12.7. The van der Waals surface area contributed by atoms with E-state index in [1.54, 1.807) is 12.5 Å². The fourth-order valence-electron chi connectivity index (χ4n) is 3.40. The van der Waals surface area contributed by atoms with Crippen LogP contribution in [0.25, 0.3) is 0 Å². The van der Waals surface area contributed by atoms with Crippen molar-refractivity contribution in [2.45, 2.75) is 25.2 Å². The predicted octanol–water partition coefficient (Wildman–Crippen LogP) is 2.72. The third kappa shape index (κ3) is 3.08. The van der Waals surface area contributed by atoms with Crippen molar-refractivity contribution >= 4 is 28.3 Å². The zero-order valence-corrected chi connectivity index (χ0v) is 14.0. The molecule has 0 unspecified atom stereocenters. The molecule has 7 heteroatoms. The van der Waals surface area contributed by atoms with Gasteiger partial charge in [0.2, 0.25) is 11.8 Å². The zero-order chi connectivity index (χ0) is 16.5. The van der Waals surface area contributed by atoms with Gasteiger partial charge < -0.3 is 14.6 Å². The number of furan rings is 1. The van der Waals surface area contributed by atoms with E-state index in [9.17, 15) is 9.59 Å². The van der Waals surface area contributed by atoms with E-state index >= 15 is 0 Å². The number of amides is 2. The third-order valence-electron chi connectivity index (χ3n) is 4.78. The van der Waals surface area contributed by atoms with Crippen LogP contribution in [0.5, 0.6) is 0 Å². The number of nitrogens with one attached hydrogen (secondary N) is 1. The molecule has 1 aliphatic heterocycles. The zero-order valence-electron chi connectivity index (χ0n) is 13.2. The molecular weight excluding hydrogens is 326 g/mol. The topological polar surface area (TPSA) is 75.4 Å². The highest BCUT2D eigenvalue weighted by Gasteiger charge is 2.48. The van der Waals surface area contributed by atoms with Crippen LogP contribution in [-0.4, -0.2) is 34.8 Å². The molecule has 1 N–H and O–H groups in total. The number of anilines is 1. The van der Waals surface area contributed by atoms with Crippen LogP contribution in [0.4, 0.5) is 5.13 Å². The number of likely N-dealkylation sites (tertiary alicyclic amines) is 1. The Balaban J connectivity index is 1.35. The molecule has 1 saturated carbocycles. The van der Waals surface area contributed by atoms with Gasteiger partial charge in [0.15, 0.2) is 5.13 Å². The van der Waals surface area contributed by atoms with Crippen molar-refractivity contribution in [2.75, 3.05) is 18.4 Å². The molecule has 6 nitrogen and oxygen atoms in total. The van der Waals surface area contributed by atoms with Crippen molar-refractivity contribution < 1.29 is 14.0 Å². The van der Waals surface area contributed by atoms with E-state index in [-0.39, 0.29) is 29.6 Å². The van der Waals surface area contributed by atoms with Gasteiger partial charge in [0.1, 0.15) is 5.76 Å². The third-order valence-corrected chi connectivity index (χ3v) is 5.47. The molecule has 4 rings (SSSR count). The highest BCUT2D eigenvalue weighted by molar-refractivity contribution is 7.13. The van der Waals surface area contributed by atoms with Crippen molar-refractivity contribution in [3.05, 3.63) is 35.7 Å². The molecule has 0 radical (unpaired) electrons. The summed E-state index contributed by atoms with van der Waals surface area (Å²) in [4.78, 5) is 31.0. The summed E-state index contributed by atoms with van der Waals surface area (Å²) in [5.74, 6) is 1.06. The lowest BCUT2D eigenvalue weighted by Gasteiger charge is -2.32. The minimum Gasteiger partial charge on any atom is -0.469 e. The summed E-state index contributed by atoms with van der Waals surface area (Å²) in [7, 11) is 0. The lowest BCUT2D eigenvalue weighted by Crippen LogP contribution is -2.44. The molecule has 3 atom stereocenters. The molecule has 0 spiro atoms. The van der Waals surface area contributed by atoms with Crippen molar-refractivity contribution in [3.8, 4) is 0 Å². The van der Waals surface area contributed by atoms with Crippen molar-refractivity contribution in [1.29, 1.82) is 0 Å². The number of carbonyl (C=O) groups is 2. The van der Waals surface area contributed by atoms with E-state index in [4.69, 9.17) is 4.42 Å². The Labute approximate surface area is 143 Å². The second kappa shape index (κ2) is 6.39. The van der Waals surface area contributed by atoms with E-state index in [0.717, 1.165) is 31.6 Å². The van der Waals surface area contributed by atoms with E-state index < -0.39 is 0 Å². The summed E-state index contributed by atoms with van der Waals surface area (Å²) in [5.41, 5.74) is 0. The van der Waals surface area contributed by atoms with Crippen LogP contribution in [0, 0.1) is 11.8 Å². The van der Waals surface area contributed by atoms with Crippen molar-refractivity contribution in [3.63, 3.8) is 0 Å². The molecule has 2 amide bonds. The average molecular weight is 345 g/mol. The first-order valence-corrected chi connectivity index (χ1v) is 9.13. The molecule has 0 bridgehead atoms. The summed E-state index contributed by atoms with van der Waals surface area (Å²) in [6, 6.07) is 3.79. The van der Waals surface area contributed by atoms with Gasteiger partial charge >= 0.3 is 0 Å². The van der Waals surface area contributed by atoms with Crippen molar-refractivity contribution in [2.24, 2.45) is 11.8 Å². The molecule has 1 aliphatic carbocycles. The fraction of sp³-hybridized carbons (Fsp3) is 0.471. The Hall–Kier alpha value is -2.15. The van der Waals surface area contributed by atoms with Crippen molar-refractivity contribution in [1.82, 2.24) is 9.88 Å². The lowest BCUT2D eigenvalue weighted by atomic mass is 9.96. The van der Waals surface area contributed by atoms with Crippen LogP contribution >= 0.6 is 11.3 Å². The number of hydrogen-bond donors (Lipinski definition) is 1. The number of carbonyl (C=O) groups excluding carboxylic acids is 2. The Kier molecular flexibility index (Phi) is 4.10. The second-order valence-corrected chi connectivity index (χ2v) is 7.31. The van der Waals surface area contributed by atoms with Crippen LogP contribution in [-0.2, 0) is 9.59 Å². The Morgan fingerprint density at radius 1 is 1.42 bits per heavy atom. The summed E-state index contributed by atoms with van der Waals surface area (Å²) in [5, 5.41) is 5.28. The highest BCUT2D eigenvalue weighted by Crippen LogP contribution is 2.48. The van der Waals surface area contributed by atoms with Crippen LogP contribution in [0.3, 0.4) is 0 Å². The van der Waals surface area contributed by atoms with Gasteiger partial charge in [-0.3, -0.25) is 9.59 Å². The van der Waals surface area contributed by atoms with Crippen LogP contribution in [0.2, 0.25) is 0 Å². The van der Waals surface area contributed by atoms with Gasteiger partial charge in [0.05, 0.1) is 12.2 Å². The van der Waals surface area contributed by atoms with Gasteiger partial charge in [0.25, 0.3) is 0 Å². The second-order valence-electron chi connectivity index (χ2n) is 6.41. The normalized spacial score (nSPS) is 26.2. The predicted molar refractivity (Wildman–Crippen MR) is 89.6 cm³/mol. The maximum absolute atomic E-state index is 12.7. The fourth-order valence-corrected chi connectivity index (χ4v) is 3.93. The number of hydrogen-bond acceptors (Lipinski definition) is 5. The van der Waals surface area contributed by atoms with Crippen LogP contribution < -0.4 is 5.32 Å². The Bertz CT molecular complexity index is 714. The molecule has 2 aliphatic rings. The maximum Gasteiger partial charge on any atom is 0.231 e. The van der Waals surface area contributed by atoms with Crippen LogP contribution in [0.15, 0.2) is 34.4 Å². The standard InChI is InChI=1S/C17H19N3O3S/c21-15(19-17-18-5-8-24-17)11-3-1-6-20(10-11)16(22)13-9-12(13)14-4-2-7-23-14/h2,4-5,7-8,11-13H,1,3,6,9-10H2,(H,18,19,21)/t11-,12-,13+/m1/s1. The molecular formula is C17H19N3O3S. The quantitative estimate of drug-likeness (QED) is 0.924. The highest BCUT2D eigenvalue weighted by atomic mass is 32.1. The van der Waals surface area contributed by atoms with Gasteiger partial charge in [-0.1, -0.05) is 0 Å². The summed E-state index contributed by atoms with van der Waals surface area (Å²) in [6.07, 6.45) is 5.83. The van der Waals surface area contributed by atoms with Gasteiger partial charge in [-0.25, -0.2) is 4.98 Å². The minimum absolute atomic E-state index is 0.0110. The SMILES string of the molecule is O=C(Nc1nccs1)[C@@H]1CCCN(C(=O)[C@H]2C[C@H]2c2ccco2)C1. The number of piperidine rings is 1. The molecule has 1 saturated heterocycles. The first kappa shape index (κ1) is 15.4. The van der Waals surface area contributed by atoms with E-state index in [1.807, 2.05) is 22.4 Å². The summed E-state index contributed by atoms with van der Waals surface area (Å²) >= 11 is 1.40. The van der Waals surface area contributed by atoms with E-state index in [2.05, 4.69) is 10.3 Å². The van der Waals surface area contributed by atoms with Crippen LogP contribution in [0.1, 0.15) is 30.9 Å². The van der Waals surface area contributed by atoms with Gasteiger partial charge in [-0.05, 0) is 31.4 Å². The monoisotopic (exact) mass is 345 g/mol. The number of nitrogens with zero attached hydrogens (tertiary/aromatic N) is 2. The molecule has 24 heavy (non-hydrogen) atoms. The summed E-state index contributed by atoms with van der Waals surface area (Å²) in [6.45, 7) is 1.23. The first-order valence-electron chi connectivity index (χ1n) is 8.25. The molecule has 2 aromatic rings. The molecule has 2 aromatic heterocycles. The minimum atomic E-state index is -0.160. The van der Waals surface area contributed by atoms with E-state index in [1.165, 1.54) is 11.3 Å². The van der Waals surface area contributed by atoms with E-state index in [0.29, 0.717) is 11.7 Å². The lowest BCUT2D eigenvalue weighted by molar-refractivity contribution is -0.136. The first-order chi connectivity index (χ1) is 11.7. The molecule has 0 aromatic carbocycles. The van der Waals surface area contributed by atoms with Gasteiger partial charge in [-0.2, -0.15) is 0 Å². The molecule has 126 valence electrons. The summed E-state index contributed by atoms with van der Waals surface area (Å²) < 4.78 is 5.40. The molecule has 3 heterocycles. The smallest absolute Gasteiger partial charge is 0.231 e.